The van der Waals surface area contributed by atoms with Crippen molar-refractivity contribution < 1.29 is 0 Å². The van der Waals surface area contributed by atoms with E-state index in [1.165, 1.54) is 5.69 Å². The second-order valence-electron chi connectivity index (χ2n) is 5.83. The van der Waals surface area contributed by atoms with E-state index in [1.807, 2.05) is 0 Å². The fourth-order valence-electron chi connectivity index (χ4n) is 2.71. The molecule has 2 heterocycles. The van der Waals surface area contributed by atoms with Crippen LogP contribution < -0.4 is 5.32 Å². The summed E-state index contributed by atoms with van der Waals surface area (Å²) in [6.45, 7) is 12.3. The van der Waals surface area contributed by atoms with Gasteiger partial charge in [-0.25, -0.2) is 0 Å². The van der Waals surface area contributed by atoms with E-state index in [4.69, 9.17) is 0 Å². The van der Waals surface area contributed by atoms with E-state index < -0.39 is 0 Å². The molecule has 3 nitrogen and oxygen atoms in total. The molecule has 3 heteroatoms. The van der Waals surface area contributed by atoms with Crippen molar-refractivity contribution in [2.45, 2.75) is 27.3 Å². The first-order valence-corrected chi connectivity index (χ1v) is 6.99. The number of rotatable bonds is 2. The Morgan fingerprint density at radius 3 is 2.50 bits per heavy atom. The van der Waals surface area contributed by atoms with Crippen LogP contribution in [-0.4, -0.2) is 36.1 Å². The summed E-state index contributed by atoms with van der Waals surface area (Å²) in [4.78, 5) is 7.17. The molecule has 1 aromatic rings. The number of aromatic nitrogens is 1. The molecule has 1 fully saturated rings. The standard InChI is InChI=1S/C15H25N3/c1-12-7-16-8-13(2)10-18(9-12)11-15-6-4-5-14(3)17-15/h4-6,12-13,16H,7-11H2,1-3H3. The molecule has 100 valence electrons. The zero-order valence-electron chi connectivity index (χ0n) is 11.8. The van der Waals surface area contributed by atoms with Gasteiger partial charge in [0, 0.05) is 25.3 Å². The zero-order chi connectivity index (χ0) is 13.0. The average Bonchev–Trinajstić information content (AvgIpc) is 2.26. The molecule has 1 aliphatic heterocycles. The lowest BCUT2D eigenvalue weighted by Crippen LogP contribution is -2.42. The third-order valence-corrected chi connectivity index (χ3v) is 3.46. The van der Waals surface area contributed by atoms with Crippen LogP contribution in [0, 0.1) is 18.8 Å². The Bertz CT molecular complexity index is 366. The van der Waals surface area contributed by atoms with Crippen molar-refractivity contribution in [3.05, 3.63) is 29.6 Å². The largest absolute Gasteiger partial charge is 0.316 e. The van der Waals surface area contributed by atoms with Crippen LogP contribution in [0.15, 0.2) is 18.2 Å². The Labute approximate surface area is 111 Å². The highest BCUT2D eigenvalue weighted by Crippen LogP contribution is 2.11. The molecule has 0 aromatic carbocycles. The van der Waals surface area contributed by atoms with Crippen molar-refractivity contribution in [2.24, 2.45) is 11.8 Å². The third-order valence-electron chi connectivity index (χ3n) is 3.46. The lowest BCUT2D eigenvalue weighted by Gasteiger charge is -2.31. The van der Waals surface area contributed by atoms with Crippen LogP contribution in [0.1, 0.15) is 25.2 Å². The Morgan fingerprint density at radius 2 is 1.89 bits per heavy atom. The van der Waals surface area contributed by atoms with E-state index in [1.54, 1.807) is 0 Å². The number of pyridine rings is 1. The van der Waals surface area contributed by atoms with E-state index >= 15 is 0 Å². The molecular formula is C15H25N3. The number of nitrogens with one attached hydrogen (secondary N) is 1. The van der Waals surface area contributed by atoms with Gasteiger partial charge in [-0.15, -0.1) is 0 Å². The van der Waals surface area contributed by atoms with Crippen molar-refractivity contribution in [3.8, 4) is 0 Å². The zero-order valence-corrected chi connectivity index (χ0v) is 11.8. The predicted octanol–water partition coefficient (Wildman–Crippen LogP) is 2.07. The Balaban J connectivity index is 2.00. The number of hydrogen-bond donors (Lipinski definition) is 1. The highest BCUT2D eigenvalue weighted by atomic mass is 15.1. The van der Waals surface area contributed by atoms with Gasteiger partial charge in [0.05, 0.1) is 5.69 Å². The van der Waals surface area contributed by atoms with Crippen LogP contribution in [0.3, 0.4) is 0 Å². The average molecular weight is 247 g/mol. The van der Waals surface area contributed by atoms with Gasteiger partial charge in [0.15, 0.2) is 0 Å². The molecule has 1 saturated heterocycles. The highest BCUT2D eigenvalue weighted by Gasteiger charge is 2.17. The Morgan fingerprint density at radius 1 is 1.22 bits per heavy atom. The number of hydrogen-bond acceptors (Lipinski definition) is 3. The fraction of sp³-hybridized carbons (Fsp3) is 0.667. The maximum Gasteiger partial charge on any atom is 0.0547 e. The van der Waals surface area contributed by atoms with Gasteiger partial charge in [0.2, 0.25) is 0 Å². The monoisotopic (exact) mass is 247 g/mol. The molecule has 0 spiro atoms. The molecule has 0 saturated carbocycles. The summed E-state index contributed by atoms with van der Waals surface area (Å²) in [6, 6.07) is 6.31. The van der Waals surface area contributed by atoms with Gasteiger partial charge in [0.25, 0.3) is 0 Å². The maximum atomic E-state index is 4.61. The van der Waals surface area contributed by atoms with Gasteiger partial charge in [-0.2, -0.15) is 0 Å². The van der Waals surface area contributed by atoms with Crippen LogP contribution in [0.4, 0.5) is 0 Å². The van der Waals surface area contributed by atoms with Crippen LogP contribution in [0.25, 0.3) is 0 Å². The maximum absolute atomic E-state index is 4.61. The van der Waals surface area contributed by atoms with E-state index in [2.05, 4.69) is 54.2 Å². The summed E-state index contributed by atoms with van der Waals surface area (Å²) in [5.41, 5.74) is 2.31. The van der Waals surface area contributed by atoms with Crippen molar-refractivity contribution in [3.63, 3.8) is 0 Å². The molecule has 0 bridgehead atoms. The van der Waals surface area contributed by atoms with Crippen LogP contribution in [0.2, 0.25) is 0 Å². The van der Waals surface area contributed by atoms with Gasteiger partial charge >= 0.3 is 0 Å². The fourth-order valence-corrected chi connectivity index (χ4v) is 2.71. The summed E-state index contributed by atoms with van der Waals surface area (Å²) >= 11 is 0. The van der Waals surface area contributed by atoms with Crippen LogP contribution >= 0.6 is 0 Å². The van der Waals surface area contributed by atoms with Crippen molar-refractivity contribution in [2.75, 3.05) is 26.2 Å². The molecule has 1 aliphatic rings. The van der Waals surface area contributed by atoms with E-state index in [0.717, 1.165) is 38.4 Å². The van der Waals surface area contributed by atoms with Gasteiger partial charge < -0.3 is 5.32 Å². The van der Waals surface area contributed by atoms with Crippen molar-refractivity contribution in [1.82, 2.24) is 15.2 Å². The molecule has 0 aliphatic carbocycles. The Hall–Kier alpha value is -0.930. The Kier molecular flexibility index (Phi) is 4.72. The number of aryl methyl sites for hydroxylation is 1. The molecule has 0 radical (unpaired) electrons. The van der Waals surface area contributed by atoms with Gasteiger partial charge in [-0.05, 0) is 44.0 Å². The summed E-state index contributed by atoms with van der Waals surface area (Å²) in [5.74, 6) is 1.42. The lowest BCUT2D eigenvalue weighted by molar-refractivity contribution is 0.177. The quantitative estimate of drug-likeness (QED) is 0.867. The van der Waals surface area contributed by atoms with E-state index in [0.29, 0.717) is 11.8 Å². The topological polar surface area (TPSA) is 28.2 Å². The second-order valence-corrected chi connectivity index (χ2v) is 5.83. The van der Waals surface area contributed by atoms with Crippen LogP contribution in [-0.2, 0) is 6.54 Å². The molecule has 1 N–H and O–H groups in total. The summed E-state index contributed by atoms with van der Waals surface area (Å²) in [6.07, 6.45) is 0. The second kappa shape index (κ2) is 6.30. The van der Waals surface area contributed by atoms with Gasteiger partial charge in [-0.1, -0.05) is 19.9 Å². The van der Waals surface area contributed by atoms with E-state index in [9.17, 15) is 0 Å². The first kappa shape index (κ1) is 13.5. The molecule has 2 rings (SSSR count). The molecule has 0 amide bonds. The van der Waals surface area contributed by atoms with Gasteiger partial charge in [-0.3, -0.25) is 9.88 Å². The first-order chi connectivity index (χ1) is 8.63. The smallest absolute Gasteiger partial charge is 0.0547 e. The number of nitrogens with zero attached hydrogens (tertiary/aromatic N) is 2. The molecule has 18 heavy (non-hydrogen) atoms. The summed E-state index contributed by atoms with van der Waals surface area (Å²) < 4.78 is 0. The minimum Gasteiger partial charge on any atom is -0.316 e. The SMILES string of the molecule is Cc1cccc(CN2CC(C)CNCC(C)C2)n1. The van der Waals surface area contributed by atoms with E-state index in [-0.39, 0.29) is 0 Å². The molecule has 2 unspecified atom stereocenters. The van der Waals surface area contributed by atoms with Crippen molar-refractivity contribution in [1.29, 1.82) is 0 Å². The molecule has 1 aromatic heterocycles. The summed E-state index contributed by atoms with van der Waals surface area (Å²) in [7, 11) is 0. The third kappa shape index (κ3) is 4.07. The molecule has 2 atom stereocenters. The van der Waals surface area contributed by atoms with Crippen LogP contribution in [0.5, 0.6) is 0 Å². The normalized spacial score (nSPS) is 26.6. The lowest BCUT2D eigenvalue weighted by atomic mass is 10.1. The highest BCUT2D eigenvalue weighted by molar-refractivity contribution is 5.09. The minimum absolute atomic E-state index is 0.710. The summed E-state index contributed by atoms with van der Waals surface area (Å²) in [5, 5.41) is 3.54. The molecular weight excluding hydrogens is 222 g/mol. The predicted molar refractivity (Wildman–Crippen MR) is 75.4 cm³/mol. The van der Waals surface area contributed by atoms with Crippen molar-refractivity contribution >= 4 is 0 Å². The first-order valence-electron chi connectivity index (χ1n) is 6.99. The van der Waals surface area contributed by atoms with Gasteiger partial charge in [0.1, 0.15) is 0 Å². The minimum atomic E-state index is 0.710.